The Kier molecular flexibility index (Phi) is 4.39. The minimum Gasteiger partial charge on any atom is -0.377 e. The van der Waals surface area contributed by atoms with Gasteiger partial charge in [-0.25, -0.2) is 0 Å². The predicted molar refractivity (Wildman–Crippen MR) is 80.7 cm³/mol. The summed E-state index contributed by atoms with van der Waals surface area (Å²) in [6.07, 6.45) is 0. The zero-order valence-corrected chi connectivity index (χ0v) is 11.9. The number of hydrogen-bond acceptors (Lipinski definition) is 2. The van der Waals surface area contributed by atoms with Crippen LogP contribution in [0.5, 0.6) is 0 Å². The van der Waals surface area contributed by atoms with E-state index in [1.165, 1.54) is 11.1 Å². The number of halogens is 1. The van der Waals surface area contributed by atoms with Crippen LogP contribution in [0.3, 0.4) is 0 Å². The first-order valence-electron chi connectivity index (χ1n) is 5.98. The molecule has 0 saturated carbocycles. The van der Waals surface area contributed by atoms with E-state index >= 15 is 0 Å². The Labute approximate surface area is 116 Å². The second kappa shape index (κ2) is 6.03. The fraction of sp³-hybridized carbons (Fsp3) is 0.200. The minimum atomic E-state index is 0.138. The van der Waals surface area contributed by atoms with E-state index in [2.05, 4.69) is 58.5 Å². The maximum atomic E-state index is 5.87. The molecule has 0 aromatic heterocycles. The van der Waals surface area contributed by atoms with Crippen LogP contribution in [0, 0.1) is 6.92 Å². The molecule has 3 N–H and O–H groups in total. The molecule has 0 saturated heterocycles. The second-order valence-electron chi connectivity index (χ2n) is 4.36. The Morgan fingerprint density at radius 2 is 1.94 bits per heavy atom. The fourth-order valence-electron chi connectivity index (χ4n) is 1.94. The van der Waals surface area contributed by atoms with Gasteiger partial charge in [-0.2, -0.15) is 0 Å². The van der Waals surface area contributed by atoms with Crippen molar-refractivity contribution in [2.45, 2.75) is 13.0 Å². The summed E-state index contributed by atoms with van der Waals surface area (Å²) in [4.78, 5) is 0. The SMILES string of the molecule is Cc1cccc(C(CN)Nc2cccc(Br)c2)c1. The molecule has 0 radical (unpaired) electrons. The molecule has 0 fully saturated rings. The molecule has 94 valence electrons. The lowest BCUT2D eigenvalue weighted by molar-refractivity contribution is 0.789. The van der Waals surface area contributed by atoms with E-state index in [9.17, 15) is 0 Å². The molecule has 0 aliphatic rings. The first-order valence-corrected chi connectivity index (χ1v) is 6.77. The van der Waals surface area contributed by atoms with Crippen LogP contribution >= 0.6 is 15.9 Å². The molecule has 2 rings (SSSR count). The van der Waals surface area contributed by atoms with Gasteiger partial charge in [0.1, 0.15) is 0 Å². The van der Waals surface area contributed by atoms with E-state index in [0.29, 0.717) is 6.54 Å². The van der Waals surface area contributed by atoms with Gasteiger partial charge in [0.15, 0.2) is 0 Å². The zero-order valence-electron chi connectivity index (χ0n) is 10.4. The van der Waals surface area contributed by atoms with Crippen LogP contribution < -0.4 is 11.1 Å². The van der Waals surface area contributed by atoms with Gasteiger partial charge in [-0.1, -0.05) is 51.8 Å². The first kappa shape index (κ1) is 13.1. The molecule has 0 aliphatic carbocycles. The second-order valence-corrected chi connectivity index (χ2v) is 5.27. The maximum Gasteiger partial charge on any atom is 0.0636 e. The van der Waals surface area contributed by atoms with Crippen LogP contribution in [0.15, 0.2) is 53.0 Å². The van der Waals surface area contributed by atoms with Crippen molar-refractivity contribution in [2.75, 3.05) is 11.9 Å². The molecule has 3 heteroatoms. The summed E-state index contributed by atoms with van der Waals surface area (Å²) in [5.74, 6) is 0. The van der Waals surface area contributed by atoms with E-state index in [0.717, 1.165) is 10.2 Å². The normalized spacial score (nSPS) is 12.2. The molecule has 0 bridgehead atoms. The third-order valence-corrected chi connectivity index (χ3v) is 3.34. The van der Waals surface area contributed by atoms with E-state index < -0.39 is 0 Å². The predicted octanol–water partition coefficient (Wildman–Crippen LogP) is 3.87. The lowest BCUT2D eigenvalue weighted by atomic mass is 10.0. The number of nitrogens with two attached hydrogens (primary N) is 1. The molecular weight excluding hydrogens is 288 g/mol. The van der Waals surface area contributed by atoms with Crippen molar-refractivity contribution in [2.24, 2.45) is 5.73 Å². The molecule has 2 aromatic rings. The van der Waals surface area contributed by atoms with Gasteiger partial charge in [-0.15, -0.1) is 0 Å². The van der Waals surface area contributed by atoms with Crippen molar-refractivity contribution in [3.63, 3.8) is 0 Å². The molecule has 1 atom stereocenters. The van der Waals surface area contributed by atoms with Crippen molar-refractivity contribution in [1.29, 1.82) is 0 Å². The highest BCUT2D eigenvalue weighted by atomic mass is 79.9. The summed E-state index contributed by atoms with van der Waals surface area (Å²) in [7, 11) is 0. The lowest BCUT2D eigenvalue weighted by Crippen LogP contribution is -2.20. The molecule has 0 aliphatic heterocycles. The number of nitrogens with one attached hydrogen (secondary N) is 1. The zero-order chi connectivity index (χ0) is 13.0. The first-order chi connectivity index (χ1) is 8.69. The average Bonchev–Trinajstić information content (AvgIpc) is 2.36. The van der Waals surface area contributed by atoms with Gasteiger partial charge in [0, 0.05) is 16.7 Å². The molecule has 0 spiro atoms. The van der Waals surface area contributed by atoms with Gasteiger partial charge in [0.2, 0.25) is 0 Å². The Hall–Kier alpha value is -1.32. The Morgan fingerprint density at radius 3 is 2.61 bits per heavy atom. The average molecular weight is 305 g/mol. The van der Waals surface area contributed by atoms with Crippen LogP contribution in [0.25, 0.3) is 0 Å². The van der Waals surface area contributed by atoms with E-state index in [1.807, 2.05) is 18.2 Å². The third-order valence-electron chi connectivity index (χ3n) is 2.85. The van der Waals surface area contributed by atoms with Crippen molar-refractivity contribution < 1.29 is 0 Å². The minimum absolute atomic E-state index is 0.138. The van der Waals surface area contributed by atoms with Crippen molar-refractivity contribution in [3.8, 4) is 0 Å². The summed E-state index contributed by atoms with van der Waals surface area (Å²) in [5.41, 5.74) is 9.41. The maximum absolute atomic E-state index is 5.87. The highest BCUT2D eigenvalue weighted by Gasteiger charge is 2.09. The highest BCUT2D eigenvalue weighted by Crippen LogP contribution is 2.22. The number of benzene rings is 2. The Morgan fingerprint density at radius 1 is 1.17 bits per heavy atom. The largest absolute Gasteiger partial charge is 0.377 e. The summed E-state index contributed by atoms with van der Waals surface area (Å²) < 4.78 is 1.06. The van der Waals surface area contributed by atoms with Crippen molar-refractivity contribution >= 4 is 21.6 Å². The van der Waals surface area contributed by atoms with Crippen LogP contribution in [0.4, 0.5) is 5.69 Å². The topological polar surface area (TPSA) is 38.0 Å². The number of rotatable bonds is 4. The summed E-state index contributed by atoms with van der Waals surface area (Å²) in [5, 5.41) is 3.46. The monoisotopic (exact) mass is 304 g/mol. The quantitative estimate of drug-likeness (QED) is 0.900. The third kappa shape index (κ3) is 3.34. The smallest absolute Gasteiger partial charge is 0.0636 e. The van der Waals surface area contributed by atoms with Gasteiger partial charge in [-0.05, 0) is 30.7 Å². The van der Waals surface area contributed by atoms with E-state index in [1.54, 1.807) is 0 Å². The Balaban J connectivity index is 2.19. The molecule has 0 amide bonds. The van der Waals surface area contributed by atoms with Crippen LogP contribution in [0.2, 0.25) is 0 Å². The number of aryl methyl sites for hydroxylation is 1. The van der Waals surface area contributed by atoms with Gasteiger partial charge >= 0.3 is 0 Å². The summed E-state index contributed by atoms with van der Waals surface area (Å²) in [6, 6.07) is 16.7. The number of hydrogen-bond donors (Lipinski definition) is 2. The van der Waals surface area contributed by atoms with Gasteiger partial charge in [-0.3, -0.25) is 0 Å². The highest BCUT2D eigenvalue weighted by molar-refractivity contribution is 9.10. The molecule has 1 unspecified atom stereocenters. The van der Waals surface area contributed by atoms with E-state index in [4.69, 9.17) is 5.73 Å². The van der Waals surface area contributed by atoms with Gasteiger partial charge < -0.3 is 11.1 Å². The summed E-state index contributed by atoms with van der Waals surface area (Å²) in [6.45, 7) is 2.66. The van der Waals surface area contributed by atoms with Crippen LogP contribution in [0.1, 0.15) is 17.2 Å². The Bertz CT molecular complexity index is 525. The van der Waals surface area contributed by atoms with Crippen LogP contribution in [-0.2, 0) is 0 Å². The van der Waals surface area contributed by atoms with Gasteiger partial charge in [0.05, 0.1) is 6.04 Å². The fourth-order valence-corrected chi connectivity index (χ4v) is 2.34. The standard InChI is InChI=1S/C15H17BrN2/c1-11-4-2-5-12(8-11)15(10-17)18-14-7-3-6-13(16)9-14/h2-9,15,18H,10,17H2,1H3. The van der Waals surface area contributed by atoms with Crippen molar-refractivity contribution in [1.82, 2.24) is 0 Å². The van der Waals surface area contributed by atoms with Crippen molar-refractivity contribution in [3.05, 3.63) is 64.1 Å². The molecule has 18 heavy (non-hydrogen) atoms. The van der Waals surface area contributed by atoms with Gasteiger partial charge in [0.25, 0.3) is 0 Å². The summed E-state index contributed by atoms with van der Waals surface area (Å²) >= 11 is 3.47. The van der Waals surface area contributed by atoms with E-state index in [-0.39, 0.29) is 6.04 Å². The molecular formula is C15H17BrN2. The van der Waals surface area contributed by atoms with Crippen LogP contribution in [-0.4, -0.2) is 6.54 Å². The lowest BCUT2D eigenvalue weighted by Gasteiger charge is -2.19. The molecule has 2 nitrogen and oxygen atoms in total. The molecule has 0 heterocycles. The molecule has 2 aromatic carbocycles. The number of anilines is 1.